The molecule has 0 saturated heterocycles. The van der Waals surface area contributed by atoms with Gasteiger partial charge in [-0.25, -0.2) is 0 Å². The fraction of sp³-hybridized carbons (Fsp3) is 0.200. The Kier molecular flexibility index (Phi) is 2.75. The highest BCUT2D eigenvalue weighted by molar-refractivity contribution is 6.32. The van der Waals surface area contributed by atoms with Gasteiger partial charge in [0.25, 0.3) is 0 Å². The van der Waals surface area contributed by atoms with Gasteiger partial charge in [0.2, 0.25) is 5.91 Å². The standard InChI is InChI=1S/C15H12ClN3O2/c16-9-3-10(8-6-18-21-7-8)15-11-5-14(20)17-2-1-12(11)19-13(15)4-9/h3-4,6-7,19H,1-2,5H2,(H,17,20). The number of H-pyrrole nitrogens is 1. The Hall–Kier alpha value is -2.27. The van der Waals surface area contributed by atoms with Gasteiger partial charge in [-0.1, -0.05) is 16.8 Å². The Labute approximate surface area is 125 Å². The summed E-state index contributed by atoms with van der Waals surface area (Å²) in [6.07, 6.45) is 4.40. The molecule has 0 unspecified atom stereocenters. The Bertz CT molecular complexity index is 836. The molecule has 1 amide bonds. The highest BCUT2D eigenvalue weighted by Crippen LogP contribution is 2.36. The first-order valence-corrected chi connectivity index (χ1v) is 7.09. The van der Waals surface area contributed by atoms with Crippen molar-refractivity contribution in [3.63, 3.8) is 0 Å². The lowest BCUT2D eigenvalue weighted by Crippen LogP contribution is -2.24. The summed E-state index contributed by atoms with van der Waals surface area (Å²) in [7, 11) is 0. The van der Waals surface area contributed by atoms with Crippen LogP contribution < -0.4 is 5.32 Å². The summed E-state index contributed by atoms with van der Waals surface area (Å²) in [4.78, 5) is 15.3. The maximum atomic E-state index is 11.9. The lowest BCUT2D eigenvalue weighted by molar-refractivity contribution is -0.120. The number of carbonyl (C=O) groups is 1. The van der Waals surface area contributed by atoms with Crippen LogP contribution in [0, 0.1) is 0 Å². The summed E-state index contributed by atoms with van der Waals surface area (Å²) in [5.74, 6) is 0.0425. The summed E-state index contributed by atoms with van der Waals surface area (Å²) in [5.41, 5.74) is 4.86. The molecule has 1 aromatic carbocycles. The van der Waals surface area contributed by atoms with Gasteiger partial charge < -0.3 is 14.8 Å². The monoisotopic (exact) mass is 301 g/mol. The third kappa shape index (κ3) is 2.01. The Balaban J connectivity index is 2.05. The van der Waals surface area contributed by atoms with Crippen LogP contribution in [0.3, 0.4) is 0 Å². The minimum atomic E-state index is 0.0425. The maximum Gasteiger partial charge on any atom is 0.224 e. The molecule has 0 atom stereocenters. The topological polar surface area (TPSA) is 70.9 Å². The van der Waals surface area contributed by atoms with Gasteiger partial charge in [-0.3, -0.25) is 4.79 Å². The molecule has 4 rings (SSSR count). The van der Waals surface area contributed by atoms with Crippen molar-refractivity contribution in [2.24, 2.45) is 0 Å². The lowest BCUT2D eigenvalue weighted by atomic mass is 9.98. The number of rotatable bonds is 1. The van der Waals surface area contributed by atoms with Gasteiger partial charge in [0.1, 0.15) is 6.26 Å². The predicted molar refractivity (Wildman–Crippen MR) is 79.2 cm³/mol. The minimum absolute atomic E-state index is 0.0425. The molecule has 0 aliphatic carbocycles. The molecule has 0 radical (unpaired) electrons. The lowest BCUT2D eigenvalue weighted by Gasteiger charge is -2.05. The van der Waals surface area contributed by atoms with E-state index >= 15 is 0 Å². The number of nitrogens with one attached hydrogen (secondary N) is 2. The van der Waals surface area contributed by atoms with Gasteiger partial charge in [0.05, 0.1) is 12.6 Å². The van der Waals surface area contributed by atoms with Crippen LogP contribution in [-0.4, -0.2) is 22.6 Å². The van der Waals surface area contributed by atoms with Gasteiger partial charge in [0, 0.05) is 40.1 Å². The number of amides is 1. The van der Waals surface area contributed by atoms with E-state index in [2.05, 4.69) is 15.5 Å². The van der Waals surface area contributed by atoms with E-state index in [0.717, 1.165) is 39.7 Å². The van der Waals surface area contributed by atoms with E-state index < -0.39 is 0 Å². The Morgan fingerprint density at radius 2 is 2.24 bits per heavy atom. The molecule has 0 bridgehead atoms. The van der Waals surface area contributed by atoms with Crippen molar-refractivity contribution >= 4 is 28.4 Å². The number of aromatic amines is 1. The Morgan fingerprint density at radius 1 is 1.33 bits per heavy atom. The van der Waals surface area contributed by atoms with Crippen LogP contribution in [0.4, 0.5) is 0 Å². The zero-order valence-corrected chi connectivity index (χ0v) is 11.8. The molecule has 5 nitrogen and oxygen atoms in total. The fourth-order valence-corrected chi connectivity index (χ4v) is 3.16. The smallest absolute Gasteiger partial charge is 0.224 e. The normalized spacial score (nSPS) is 14.8. The van der Waals surface area contributed by atoms with Gasteiger partial charge in [0.15, 0.2) is 0 Å². The summed E-state index contributed by atoms with van der Waals surface area (Å²) >= 11 is 6.21. The molecular formula is C15H12ClN3O2. The van der Waals surface area contributed by atoms with Crippen LogP contribution in [0.1, 0.15) is 11.3 Å². The second-order valence-corrected chi connectivity index (χ2v) is 5.58. The van der Waals surface area contributed by atoms with Gasteiger partial charge in [-0.15, -0.1) is 0 Å². The molecule has 0 fully saturated rings. The van der Waals surface area contributed by atoms with Crippen LogP contribution in [0.2, 0.25) is 5.02 Å². The van der Waals surface area contributed by atoms with Crippen LogP contribution in [0.15, 0.2) is 29.1 Å². The van der Waals surface area contributed by atoms with E-state index in [-0.39, 0.29) is 5.91 Å². The zero-order valence-electron chi connectivity index (χ0n) is 11.1. The first kappa shape index (κ1) is 12.5. The van der Waals surface area contributed by atoms with Gasteiger partial charge in [-0.2, -0.15) is 0 Å². The van der Waals surface area contributed by atoms with Crippen LogP contribution in [-0.2, 0) is 17.6 Å². The summed E-state index contributed by atoms with van der Waals surface area (Å²) < 4.78 is 4.94. The van der Waals surface area contributed by atoms with Crippen molar-refractivity contribution in [2.75, 3.05) is 6.54 Å². The molecule has 21 heavy (non-hydrogen) atoms. The number of aromatic nitrogens is 2. The van der Waals surface area contributed by atoms with E-state index in [0.29, 0.717) is 18.0 Å². The molecule has 3 heterocycles. The summed E-state index contributed by atoms with van der Waals surface area (Å²) in [6, 6.07) is 3.77. The molecule has 0 saturated carbocycles. The van der Waals surface area contributed by atoms with Crippen LogP contribution >= 0.6 is 11.6 Å². The average molecular weight is 302 g/mol. The average Bonchev–Trinajstić information content (AvgIpc) is 3.03. The number of hydrogen-bond donors (Lipinski definition) is 2. The van der Waals surface area contributed by atoms with Crippen molar-refractivity contribution in [3.8, 4) is 11.1 Å². The van der Waals surface area contributed by atoms with Crippen molar-refractivity contribution < 1.29 is 9.32 Å². The second-order valence-electron chi connectivity index (χ2n) is 5.15. The minimum Gasteiger partial charge on any atom is -0.364 e. The molecule has 106 valence electrons. The number of halogens is 1. The highest BCUT2D eigenvalue weighted by atomic mass is 35.5. The molecule has 3 aromatic rings. The number of hydrogen-bond acceptors (Lipinski definition) is 3. The van der Waals surface area contributed by atoms with Crippen molar-refractivity contribution in [1.82, 2.24) is 15.5 Å². The number of benzene rings is 1. The van der Waals surface area contributed by atoms with E-state index in [1.54, 1.807) is 12.5 Å². The summed E-state index contributed by atoms with van der Waals surface area (Å²) in [6.45, 7) is 0.648. The second kappa shape index (κ2) is 4.63. The van der Waals surface area contributed by atoms with Crippen LogP contribution in [0.5, 0.6) is 0 Å². The van der Waals surface area contributed by atoms with Gasteiger partial charge >= 0.3 is 0 Å². The number of nitrogens with zero attached hydrogens (tertiary/aromatic N) is 1. The predicted octanol–water partition coefficient (Wildman–Crippen LogP) is 2.69. The first-order chi connectivity index (χ1) is 10.2. The molecular weight excluding hydrogens is 290 g/mol. The van der Waals surface area contributed by atoms with E-state index in [4.69, 9.17) is 16.1 Å². The number of carbonyl (C=O) groups excluding carboxylic acids is 1. The zero-order chi connectivity index (χ0) is 14.4. The first-order valence-electron chi connectivity index (χ1n) is 6.72. The number of fused-ring (bicyclic) bond motifs is 3. The SMILES string of the molecule is O=C1Cc2c([nH]c3cc(Cl)cc(-c4cnoc4)c23)CCN1. The quantitative estimate of drug-likeness (QED) is 0.726. The van der Waals surface area contributed by atoms with E-state index in [9.17, 15) is 4.79 Å². The van der Waals surface area contributed by atoms with E-state index in [1.807, 2.05) is 12.1 Å². The maximum absolute atomic E-state index is 11.9. The summed E-state index contributed by atoms with van der Waals surface area (Å²) in [5, 5.41) is 8.31. The largest absolute Gasteiger partial charge is 0.364 e. The highest BCUT2D eigenvalue weighted by Gasteiger charge is 2.21. The van der Waals surface area contributed by atoms with Crippen LogP contribution in [0.25, 0.3) is 22.0 Å². The van der Waals surface area contributed by atoms with Crippen molar-refractivity contribution in [3.05, 3.63) is 40.9 Å². The molecule has 1 aliphatic rings. The van der Waals surface area contributed by atoms with Gasteiger partial charge in [-0.05, 0) is 23.3 Å². The molecule has 0 spiro atoms. The fourth-order valence-electron chi connectivity index (χ4n) is 2.94. The third-order valence-electron chi connectivity index (χ3n) is 3.83. The Morgan fingerprint density at radius 3 is 3.05 bits per heavy atom. The molecule has 1 aliphatic heterocycles. The molecule has 2 aromatic heterocycles. The van der Waals surface area contributed by atoms with Crippen molar-refractivity contribution in [2.45, 2.75) is 12.8 Å². The molecule has 6 heteroatoms. The third-order valence-corrected chi connectivity index (χ3v) is 4.05. The van der Waals surface area contributed by atoms with E-state index in [1.165, 1.54) is 0 Å². The molecule has 2 N–H and O–H groups in total. The van der Waals surface area contributed by atoms with Crippen molar-refractivity contribution in [1.29, 1.82) is 0 Å².